The molecule has 0 fully saturated rings. The van der Waals surface area contributed by atoms with Crippen molar-refractivity contribution in [2.45, 2.75) is 33.3 Å². The summed E-state index contributed by atoms with van der Waals surface area (Å²) in [5.41, 5.74) is 0.802. The van der Waals surface area contributed by atoms with Gasteiger partial charge in [-0.3, -0.25) is 9.78 Å². The number of ether oxygens (including phenoxy) is 1. The van der Waals surface area contributed by atoms with Gasteiger partial charge in [0.2, 0.25) is 0 Å². The molecule has 1 atom stereocenters. The van der Waals surface area contributed by atoms with E-state index in [1.54, 1.807) is 6.92 Å². The highest BCUT2D eigenvalue weighted by Crippen LogP contribution is 2.01. The lowest BCUT2D eigenvalue weighted by atomic mass is 10.3. The molecule has 0 spiro atoms. The molecular formula is C12H17N3O3. The van der Waals surface area contributed by atoms with Crippen LogP contribution in [0.1, 0.15) is 36.5 Å². The van der Waals surface area contributed by atoms with Crippen LogP contribution in [-0.4, -0.2) is 34.5 Å². The summed E-state index contributed by atoms with van der Waals surface area (Å²) in [7, 11) is 0. The Hall–Kier alpha value is -1.98. The fourth-order valence-electron chi connectivity index (χ4n) is 1.16. The first-order chi connectivity index (χ1) is 8.54. The largest absolute Gasteiger partial charge is 0.448 e. The minimum Gasteiger partial charge on any atom is -0.448 e. The highest BCUT2D eigenvalue weighted by atomic mass is 16.5. The predicted molar refractivity (Wildman–Crippen MR) is 64.9 cm³/mol. The monoisotopic (exact) mass is 251 g/mol. The van der Waals surface area contributed by atoms with Gasteiger partial charge in [0.05, 0.1) is 11.9 Å². The van der Waals surface area contributed by atoms with Crippen molar-refractivity contribution in [3.63, 3.8) is 0 Å². The van der Waals surface area contributed by atoms with Crippen molar-refractivity contribution in [2.75, 3.05) is 6.54 Å². The third-order valence-electron chi connectivity index (χ3n) is 2.19. The highest BCUT2D eigenvalue weighted by molar-refractivity contribution is 5.90. The lowest BCUT2D eigenvalue weighted by molar-refractivity contribution is -0.129. The fraction of sp³-hybridized carbons (Fsp3) is 0.500. The topological polar surface area (TPSA) is 81.2 Å². The Morgan fingerprint density at radius 3 is 2.67 bits per heavy atom. The Labute approximate surface area is 106 Å². The van der Waals surface area contributed by atoms with Crippen LogP contribution in [0.4, 0.5) is 0 Å². The Morgan fingerprint density at radius 1 is 1.39 bits per heavy atom. The summed E-state index contributed by atoms with van der Waals surface area (Å²) in [6.07, 6.45) is 2.79. The van der Waals surface area contributed by atoms with Gasteiger partial charge < -0.3 is 10.1 Å². The summed E-state index contributed by atoms with van der Waals surface area (Å²) in [6, 6.07) is 0. The molecule has 0 bridgehead atoms. The molecule has 0 aliphatic heterocycles. The van der Waals surface area contributed by atoms with Gasteiger partial charge in [0.15, 0.2) is 11.8 Å². The first-order valence-corrected chi connectivity index (χ1v) is 5.82. The van der Waals surface area contributed by atoms with Gasteiger partial charge in [-0.15, -0.1) is 0 Å². The number of amides is 1. The van der Waals surface area contributed by atoms with Gasteiger partial charge in [-0.25, -0.2) is 9.78 Å². The van der Waals surface area contributed by atoms with E-state index in [1.807, 2.05) is 6.92 Å². The third-order valence-corrected chi connectivity index (χ3v) is 2.19. The van der Waals surface area contributed by atoms with Gasteiger partial charge in [-0.2, -0.15) is 0 Å². The summed E-state index contributed by atoms with van der Waals surface area (Å²) < 4.78 is 4.98. The molecule has 1 amide bonds. The normalized spacial score (nSPS) is 11.7. The van der Waals surface area contributed by atoms with E-state index in [0.29, 0.717) is 12.2 Å². The van der Waals surface area contributed by atoms with Gasteiger partial charge in [0.1, 0.15) is 0 Å². The number of carbonyl (C=O) groups excluding carboxylic acids is 2. The second-order valence-corrected chi connectivity index (χ2v) is 3.88. The zero-order valence-electron chi connectivity index (χ0n) is 10.8. The van der Waals surface area contributed by atoms with Crippen molar-refractivity contribution in [3.05, 3.63) is 23.8 Å². The number of nitrogens with zero attached hydrogens (tertiary/aromatic N) is 2. The van der Waals surface area contributed by atoms with Crippen molar-refractivity contribution in [2.24, 2.45) is 0 Å². The van der Waals surface area contributed by atoms with Crippen molar-refractivity contribution >= 4 is 11.9 Å². The second kappa shape index (κ2) is 6.68. The minimum atomic E-state index is -0.841. The van der Waals surface area contributed by atoms with Crippen molar-refractivity contribution in [3.8, 4) is 0 Å². The van der Waals surface area contributed by atoms with E-state index in [4.69, 9.17) is 4.74 Å². The van der Waals surface area contributed by atoms with Crippen molar-refractivity contribution < 1.29 is 14.3 Å². The predicted octanol–water partition coefficient (Wildman–Crippen LogP) is 0.857. The first kappa shape index (κ1) is 14.1. The van der Waals surface area contributed by atoms with Crippen LogP contribution in [0.3, 0.4) is 0 Å². The van der Waals surface area contributed by atoms with Gasteiger partial charge >= 0.3 is 5.97 Å². The lowest BCUT2D eigenvalue weighted by Crippen LogP contribution is -2.36. The molecule has 0 radical (unpaired) electrons. The Balaban J connectivity index is 2.53. The molecule has 1 aromatic heterocycles. The summed E-state index contributed by atoms with van der Waals surface area (Å²) in [4.78, 5) is 31.0. The number of hydrogen-bond acceptors (Lipinski definition) is 5. The quantitative estimate of drug-likeness (QED) is 0.785. The van der Waals surface area contributed by atoms with Gasteiger partial charge in [0.25, 0.3) is 5.91 Å². The lowest BCUT2D eigenvalue weighted by Gasteiger charge is -2.12. The molecule has 0 aliphatic rings. The van der Waals surface area contributed by atoms with Crippen LogP contribution in [0.25, 0.3) is 0 Å². The smallest absolute Gasteiger partial charge is 0.359 e. The standard InChI is InChI=1S/C12H17N3O3/c1-4-5-13-11(16)9(3)18-12(17)10-7-14-8(2)6-15-10/h6-7,9H,4-5H2,1-3H3,(H,13,16). The Kier molecular flexibility index (Phi) is 5.23. The average Bonchev–Trinajstić information content (AvgIpc) is 2.36. The molecule has 1 rings (SSSR count). The molecule has 1 aromatic rings. The van der Waals surface area contributed by atoms with Crippen LogP contribution in [0.15, 0.2) is 12.4 Å². The van der Waals surface area contributed by atoms with E-state index in [2.05, 4.69) is 15.3 Å². The molecule has 1 N–H and O–H groups in total. The van der Waals surface area contributed by atoms with Crippen LogP contribution in [0.5, 0.6) is 0 Å². The summed E-state index contributed by atoms with van der Waals surface area (Å²) >= 11 is 0. The number of hydrogen-bond donors (Lipinski definition) is 1. The molecule has 0 saturated carbocycles. The number of nitrogens with one attached hydrogen (secondary N) is 1. The minimum absolute atomic E-state index is 0.0933. The maximum atomic E-state index is 11.6. The van der Waals surface area contributed by atoms with Gasteiger partial charge in [-0.1, -0.05) is 6.92 Å². The summed E-state index contributed by atoms with van der Waals surface area (Å²) in [5, 5.41) is 2.65. The van der Waals surface area contributed by atoms with Crippen molar-refractivity contribution in [1.29, 1.82) is 0 Å². The zero-order chi connectivity index (χ0) is 13.5. The number of rotatable bonds is 5. The molecule has 98 valence electrons. The van der Waals surface area contributed by atoms with Crippen LogP contribution in [0.2, 0.25) is 0 Å². The molecule has 0 saturated heterocycles. The molecular weight excluding hydrogens is 234 g/mol. The molecule has 1 heterocycles. The van der Waals surface area contributed by atoms with E-state index < -0.39 is 12.1 Å². The molecule has 0 aliphatic carbocycles. The molecule has 1 unspecified atom stereocenters. The zero-order valence-corrected chi connectivity index (χ0v) is 10.8. The maximum absolute atomic E-state index is 11.6. The van der Waals surface area contributed by atoms with E-state index in [0.717, 1.165) is 6.42 Å². The van der Waals surface area contributed by atoms with Gasteiger partial charge in [0, 0.05) is 12.7 Å². The van der Waals surface area contributed by atoms with Crippen molar-refractivity contribution in [1.82, 2.24) is 15.3 Å². The highest BCUT2D eigenvalue weighted by Gasteiger charge is 2.19. The fourth-order valence-corrected chi connectivity index (χ4v) is 1.16. The van der Waals surface area contributed by atoms with E-state index in [1.165, 1.54) is 19.3 Å². The van der Waals surface area contributed by atoms with E-state index in [-0.39, 0.29) is 11.6 Å². The number of aryl methyl sites for hydroxylation is 1. The third kappa shape index (κ3) is 4.12. The summed E-state index contributed by atoms with van der Waals surface area (Å²) in [6.45, 7) is 5.79. The van der Waals surface area contributed by atoms with Crippen LogP contribution in [0, 0.1) is 6.92 Å². The molecule has 6 nitrogen and oxygen atoms in total. The Morgan fingerprint density at radius 2 is 2.11 bits per heavy atom. The number of aromatic nitrogens is 2. The summed E-state index contributed by atoms with van der Waals surface area (Å²) in [5.74, 6) is -0.966. The van der Waals surface area contributed by atoms with Crippen LogP contribution < -0.4 is 5.32 Å². The van der Waals surface area contributed by atoms with Crippen LogP contribution >= 0.6 is 0 Å². The number of carbonyl (C=O) groups is 2. The average molecular weight is 251 g/mol. The molecule has 0 aromatic carbocycles. The Bertz CT molecular complexity index is 417. The molecule has 6 heteroatoms. The van der Waals surface area contributed by atoms with E-state index >= 15 is 0 Å². The van der Waals surface area contributed by atoms with E-state index in [9.17, 15) is 9.59 Å². The molecule has 18 heavy (non-hydrogen) atoms. The van der Waals surface area contributed by atoms with Gasteiger partial charge in [-0.05, 0) is 20.3 Å². The SMILES string of the molecule is CCCNC(=O)C(C)OC(=O)c1cnc(C)cn1. The first-order valence-electron chi connectivity index (χ1n) is 5.82. The second-order valence-electron chi connectivity index (χ2n) is 3.88. The number of esters is 1. The van der Waals surface area contributed by atoms with Crippen LogP contribution in [-0.2, 0) is 9.53 Å². The maximum Gasteiger partial charge on any atom is 0.359 e.